The molecular weight excluding hydrogens is 282 g/mol. The van der Waals surface area contributed by atoms with Crippen LogP contribution in [-0.4, -0.2) is 21.9 Å². The number of anilines is 3. The van der Waals surface area contributed by atoms with Gasteiger partial charge in [0.15, 0.2) is 0 Å². The Hall–Kier alpha value is -2.41. The Balaban J connectivity index is 2.36. The molecule has 0 saturated carbocycles. The highest BCUT2D eigenvalue weighted by molar-refractivity contribution is 6.30. The molecule has 0 bridgehead atoms. The fourth-order valence-electron chi connectivity index (χ4n) is 1.68. The molecule has 1 heterocycles. The molecule has 104 valence electrons. The van der Waals surface area contributed by atoms with Gasteiger partial charge in [-0.3, -0.25) is 10.1 Å². The molecule has 1 aromatic heterocycles. The number of nitro groups is 1. The quantitative estimate of drug-likeness (QED) is 0.664. The van der Waals surface area contributed by atoms with Crippen LogP contribution in [0.15, 0.2) is 24.3 Å². The van der Waals surface area contributed by atoms with Crippen molar-refractivity contribution >= 4 is 34.7 Å². The second-order valence-electron chi connectivity index (χ2n) is 3.97. The number of aryl methyl sites for hydroxylation is 1. The van der Waals surface area contributed by atoms with E-state index in [0.717, 1.165) is 5.69 Å². The molecule has 2 aromatic rings. The molecule has 8 heteroatoms. The van der Waals surface area contributed by atoms with E-state index in [0.29, 0.717) is 5.02 Å². The lowest BCUT2D eigenvalue weighted by Gasteiger charge is -2.08. The van der Waals surface area contributed by atoms with Crippen molar-refractivity contribution in [3.8, 4) is 0 Å². The highest BCUT2D eigenvalue weighted by atomic mass is 35.5. The van der Waals surface area contributed by atoms with Crippen molar-refractivity contribution < 1.29 is 4.92 Å². The minimum Gasteiger partial charge on any atom is -0.367 e. The van der Waals surface area contributed by atoms with Gasteiger partial charge < -0.3 is 10.6 Å². The Morgan fingerprint density at radius 3 is 2.45 bits per heavy atom. The molecule has 1 aromatic carbocycles. The van der Waals surface area contributed by atoms with Gasteiger partial charge in [0.1, 0.15) is 5.69 Å². The minimum absolute atomic E-state index is 0.130. The van der Waals surface area contributed by atoms with E-state index in [1.807, 2.05) is 0 Å². The SMILES string of the molecule is CNc1nc(Nc2ccc(Cl)cc2)nc(C)c1[N+](=O)[O-]. The molecule has 0 aliphatic carbocycles. The minimum atomic E-state index is -0.507. The van der Waals surface area contributed by atoms with Crippen LogP contribution in [0, 0.1) is 17.0 Å². The van der Waals surface area contributed by atoms with Crippen LogP contribution in [0.3, 0.4) is 0 Å². The van der Waals surface area contributed by atoms with Crippen molar-refractivity contribution in [2.45, 2.75) is 6.92 Å². The van der Waals surface area contributed by atoms with Crippen LogP contribution < -0.4 is 10.6 Å². The maximum Gasteiger partial charge on any atom is 0.332 e. The first-order chi connectivity index (χ1) is 9.51. The van der Waals surface area contributed by atoms with Crippen molar-refractivity contribution in [3.63, 3.8) is 0 Å². The normalized spacial score (nSPS) is 10.2. The number of benzene rings is 1. The van der Waals surface area contributed by atoms with Gasteiger partial charge in [0.2, 0.25) is 11.8 Å². The summed E-state index contributed by atoms with van der Waals surface area (Å²) in [4.78, 5) is 18.6. The Bertz CT molecular complexity index is 645. The largest absolute Gasteiger partial charge is 0.367 e. The molecule has 0 atom stereocenters. The number of halogens is 1. The predicted molar refractivity (Wildman–Crippen MR) is 77.7 cm³/mol. The van der Waals surface area contributed by atoms with Crippen LogP contribution in [0.4, 0.5) is 23.1 Å². The highest BCUT2D eigenvalue weighted by Gasteiger charge is 2.21. The van der Waals surface area contributed by atoms with Gasteiger partial charge >= 0.3 is 5.69 Å². The Labute approximate surface area is 120 Å². The topological polar surface area (TPSA) is 93.0 Å². The number of hydrogen-bond acceptors (Lipinski definition) is 6. The van der Waals surface area contributed by atoms with Crippen LogP contribution in [-0.2, 0) is 0 Å². The summed E-state index contributed by atoms with van der Waals surface area (Å²) in [7, 11) is 1.57. The van der Waals surface area contributed by atoms with Gasteiger partial charge in [0.25, 0.3) is 0 Å². The zero-order chi connectivity index (χ0) is 14.7. The third kappa shape index (κ3) is 2.94. The Kier molecular flexibility index (Phi) is 3.99. The van der Waals surface area contributed by atoms with Crippen LogP contribution in [0.2, 0.25) is 5.02 Å². The molecule has 0 aliphatic heterocycles. The van der Waals surface area contributed by atoms with Gasteiger partial charge in [-0.25, -0.2) is 4.98 Å². The van der Waals surface area contributed by atoms with E-state index in [1.54, 1.807) is 38.2 Å². The fourth-order valence-corrected chi connectivity index (χ4v) is 1.80. The maximum atomic E-state index is 11.0. The second-order valence-corrected chi connectivity index (χ2v) is 4.41. The van der Waals surface area contributed by atoms with Gasteiger partial charge in [-0.15, -0.1) is 0 Å². The third-order valence-corrected chi connectivity index (χ3v) is 2.83. The molecule has 20 heavy (non-hydrogen) atoms. The molecule has 0 spiro atoms. The van der Waals surface area contributed by atoms with Crippen molar-refractivity contribution in [1.82, 2.24) is 9.97 Å². The lowest BCUT2D eigenvalue weighted by atomic mass is 10.3. The first-order valence-corrected chi connectivity index (χ1v) is 6.12. The molecule has 0 unspecified atom stereocenters. The average Bonchev–Trinajstić information content (AvgIpc) is 2.40. The molecule has 0 fully saturated rings. The monoisotopic (exact) mass is 293 g/mol. The van der Waals surface area contributed by atoms with Gasteiger partial charge in [-0.1, -0.05) is 11.6 Å². The highest BCUT2D eigenvalue weighted by Crippen LogP contribution is 2.27. The summed E-state index contributed by atoms with van der Waals surface area (Å²) in [6, 6.07) is 6.98. The molecule has 2 rings (SSSR count). The smallest absolute Gasteiger partial charge is 0.332 e. The van der Waals surface area contributed by atoms with E-state index in [4.69, 9.17) is 11.6 Å². The molecule has 0 radical (unpaired) electrons. The number of nitrogens with zero attached hydrogens (tertiary/aromatic N) is 3. The number of hydrogen-bond donors (Lipinski definition) is 2. The fraction of sp³-hybridized carbons (Fsp3) is 0.167. The first kappa shape index (κ1) is 14.0. The summed E-state index contributed by atoms with van der Waals surface area (Å²) >= 11 is 5.80. The van der Waals surface area contributed by atoms with Gasteiger partial charge in [-0.2, -0.15) is 4.98 Å². The van der Waals surface area contributed by atoms with Crippen molar-refractivity contribution in [2.75, 3.05) is 17.7 Å². The predicted octanol–water partition coefficient (Wildman–Crippen LogP) is 3.13. The van der Waals surface area contributed by atoms with Crippen LogP contribution in [0.1, 0.15) is 5.69 Å². The summed E-state index contributed by atoms with van der Waals surface area (Å²) < 4.78 is 0. The zero-order valence-corrected chi connectivity index (χ0v) is 11.6. The Morgan fingerprint density at radius 1 is 1.25 bits per heavy atom. The number of aromatic nitrogens is 2. The van der Waals surface area contributed by atoms with E-state index in [1.165, 1.54) is 0 Å². The standard InChI is InChI=1S/C12H12ClN5O2/c1-7-10(18(19)20)11(14-2)17-12(15-7)16-9-5-3-8(13)4-6-9/h3-6H,1-2H3,(H2,14,15,16,17). The van der Waals surface area contributed by atoms with Gasteiger partial charge in [0, 0.05) is 17.8 Å². The van der Waals surface area contributed by atoms with Crippen molar-refractivity contribution in [1.29, 1.82) is 0 Å². The maximum absolute atomic E-state index is 11.0. The molecule has 2 N–H and O–H groups in total. The second kappa shape index (κ2) is 5.70. The number of nitrogens with one attached hydrogen (secondary N) is 2. The molecule has 0 amide bonds. The molecule has 7 nitrogen and oxygen atoms in total. The summed E-state index contributed by atoms with van der Waals surface area (Å²) in [5, 5.41) is 17.2. The first-order valence-electron chi connectivity index (χ1n) is 5.74. The van der Waals surface area contributed by atoms with Crippen LogP contribution >= 0.6 is 11.6 Å². The van der Waals surface area contributed by atoms with E-state index >= 15 is 0 Å². The van der Waals surface area contributed by atoms with Crippen LogP contribution in [0.25, 0.3) is 0 Å². The lowest BCUT2D eigenvalue weighted by molar-refractivity contribution is -0.385. The van der Waals surface area contributed by atoms with E-state index < -0.39 is 4.92 Å². The van der Waals surface area contributed by atoms with Gasteiger partial charge in [-0.05, 0) is 31.2 Å². The number of rotatable bonds is 4. The van der Waals surface area contributed by atoms with E-state index in [2.05, 4.69) is 20.6 Å². The van der Waals surface area contributed by atoms with Crippen LogP contribution in [0.5, 0.6) is 0 Å². The van der Waals surface area contributed by atoms with Crippen molar-refractivity contribution in [3.05, 3.63) is 45.1 Å². The average molecular weight is 294 g/mol. The molecule has 0 aliphatic rings. The molecule has 0 saturated heterocycles. The zero-order valence-electron chi connectivity index (χ0n) is 10.8. The summed E-state index contributed by atoms with van der Waals surface area (Å²) in [6.45, 7) is 1.56. The summed E-state index contributed by atoms with van der Waals surface area (Å²) in [5.41, 5.74) is 0.893. The third-order valence-electron chi connectivity index (χ3n) is 2.58. The lowest BCUT2D eigenvalue weighted by Crippen LogP contribution is -2.07. The molecular formula is C12H12ClN5O2. The van der Waals surface area contributed by atoms with Crippen molar-refractivity contribution in [2.24, 2.45) is 0 Å². The van der Waals surface area contributed by atoms with E-state index in [-0.39, 0.29) is 23.1 Å². The summed E-state index contributed by atoms with van der Waals surface area (Å²) in [6.07, 6.45) is 0. The Morgan fingerprint density at radius 2 is 1.90 bits per heavy atom. The van der Waals surface area contributed by atoms with Gasteiger partial charge in [0.05, 0.1) is 4.92 Å². The summed E-state index contributed by atoms with van der Waals surface area (Å²) in [5.74, 6) is 0.443. The van der Waals surface area contributed by atoms with E-state index in [9.17, 15) is 10.1 Å².